The molecule has 3 saturated carbocycles. The molecule has 4 aliphatic carbocycles. The predicted molar refractivity (Wildman–Crippen MR) is 91.9 cm³/mol. The van der Waals surface area contributed by atoms with E-state index in [9.17, 15) is 9.90 Å². The molecule has 5 atom stereocenters. The molecule has 0 amide bonds. The summed E-state index contributed by atoms with van der Waals surface area (Å²) in [5, 5.41) is 9.95. The minimum absolute atomic E-state index is 0.0620. The highest BCUT2D eigenvalue weighted by atomic mass is 16.3. The first-order valence-corrected chi connectivity index (χ1v) is 9.81. The molecule has 0 aromatic carbocycles. The van der Waals surface area contributed by atoms with E-state index < -0.39 is 0 Å². The highest BCUT2D eigenvalue weighted by Crippen LogP contribution is 2.76. The monoisotopic (exact) mass is 316 g/mol. The fourth-order valence-electron chi connectivity index (χ4n) is 7.53. The highest BCUT2D eigenvalue weighted by molar-refractivity contribution is 6.00. The minimum Gasteiger partial charge on any atom is -0.396 e. The van der Waals surface area contributed by atoms with Gasteiger partial charge in [-0.1, -0.05) is 38.7 Å². The Morgan fingerprint density at radius 1 is 1.17 bits per heavy atom. The van der Waals surface area contributed by atoms with E-state index in [-0.39, 0.29) is 10.8 Å². The SMILES string of the molecule is CC1=C2CC3CC(CO)C(C)C2(CC1=O)C3(C)C1CCCCC1. The van der Waals surface area contributed by atoms with Crippen LogP contribution in [0.1, 0.15) is 72.1 Å². The summed E-state index contributed by atoms with van der Waals surface area (Å²) in [5.74, 6) is 2.67. The second-order valence-corrected chi connectivity index (χ2v) is 9.16. The molecule has 5 unspecified atom stereocenters. The van der Waals surface area contributed by atoms with Crippen LogP contribution in [0.3, 0.4) is 0 Å². The van der Waals surface area contributed by atoms with Gasteiger partial charge >= 0.3 is 0 Å². The molecule has 1 N–H and O–H groups in total. The molecule has 2 bridgehead atoms. The van der Waals surface area contributed by atoms with Crippen molar-refractivity contribution < 1.29 is 9.90 Å². The fourth-order valence-corrected chi connectivity index (χ4v) is 7.53. The van der Waals surface area contributed by atoms with Crippen LogP contribution in [0.25, 0.3) is 0 Å². The normalized spacial score (nSPS) is 47.3. The fraction of sp³-hybridized carbons (Fsp3) is 0.857. The molecule has 0 saturated heterocycles. The Bertz CT molecular complexity index is 556. The van der Waals surface area contributed by atoms with Crippen LogP contribution >= 0.6 is 0 Å². The Balaban J connectivity index is 1.86. The number of hydrogen-bond donors (Lipinski definition) is 1. The lowest BCUT2D eigenvalue weighted by molar-refractivity contribution is -0.132. The zero-order valence-corrected chi connectivity index (χ0v) is 15.0. The van der Waals surface area contributed by atoms with E-state index in [4.69, 9.17) is 0 Å². The lowest BCUT2D eigenvalue weighted by Crippen LogP contribution is -2.55. The standard InChI is InChI=1S/C21H32O2/c1-13-18-10-17-9-15(12-22)14(2)21(18,11-19(13)23)20(17,3)16-7-5-4-6-8-16/h14-17,22H,4-12H2,1-3H3. The molecule has 128 valence electrons. The van der Waals surface area contributed by atoms with Crippen LogP contribution in [0.4, 0.5) is 0 Å². The van der Waals surface area contributed by atoms with Gasteiger partial charge in [-0.3, -0.25) is 4.79 Å². The number of aliphatic hydroxyl groups excluding tert-OH is 1. The van der Waals surface area contributed by atoms with Gasteiger partial charge < -0.3 is 5.11 Å². The molecular formula is C21H32O2. The van der Waals surface area contributed by atoms with Crippen molar-refractivity contribution in [2.24, 2.45) is 34.5 Å². The summed E-state index contributed by atoms with van der Waals surface area (Å²) in [7, 11) is 0. The molecule has 2 heteroatoms. The lowest BCUT2D eigenvalue weighted by atomic mass is 9.44. The molecule has 1 spiro atoms. The predicted octanol–water partition coefficient (Wildman–Crippen LogP) is 4.52. The molecule has 4 rings (SSSR count). The maximum atomic E-state index is 12.7. The van der Waals surface area contributed by atoms with Crippen molar-refractivity contribution in [3.8, 4) is 0 Å². The second kappa shape index (κ2) is 5.18. The number of carbonyl (C=O) groups is 1. The van der Waals surface area contributed by atoms with E-state index in [1.165, 1.54) is 37.7 Å². The van der Waals surface area contributed by atoms with Gasteiger partial charge in [0, 0.05) is 18.4 Å². The molecule has 3 fully saturated rings. The quantitative estimate of drug-likeness (QED) is 0.813. The molecule has 0 heterocycles. The first-order chi connectivity index (χ1) is 11.0. The number of ketones is 1. The van der Waals surface area contributed by atoms with Crippen molar-refractivity contribution in [2.45, 2.75) is 72.1 Å². The summed E-state index contributed by atoms with van der Waals surface area (Å²) in [6, 6.07) is 0. The van der Waals surface area contributed by atoms with Gasteiger partial charge in [-0.05, 0) is 67.3 Å². The van der Waals surface area contributed by atoms with E-state index in [1.54, 1.807) is 0 Å². The molecule has 0 aromatic rings. The smallest absolute Gasteiger partial charge is 0.159 e. The largest absolute Gasteiger partial charge is 0.396 e. The third-order valence-corrected chi connectivity index (χ3v) is 8.87. The summed E-state index contributed by atoms with van der Waals surface area (Å²) in [5.41, 5.74) is 2.93. The van der Waals surface area contributed by atoms with Crippen LogP contribution in [0.5, 0.6) is 0 Å². The molecule has 2 nitrogen and oxygen atoms in total. The van der Waals surface area contributed by atoms with Crippen molar-refractivity contribution in [1.82, 2.24) is 0 Å². The van der Waals surface area contributed by atoms with E-state index in [0.717, 1.165) is 30.8 Å². The lowest BCUT2D eigenvalue weighted by Gasteiger charge is -2.59. The van der Waals surface area contributed by atoms with Gasteiger partial charge in [0.1, 0.15) is 0 Å². The number of Topliss-reactive ketones (excluding diaryl/α,β-unsaturated/α-hetero) is 1. The van der Waals surface area contributed by atoms with Gasteiger partial charge in [0.05, 0.1) is 0 Å². The minimum atomic E-state index is 0.0620. The first kappa shape index (κ1) is 15.9. The van der Waals surface area contributed by atoms with Crippen molar-refractivity contribution >= 4 is 5.78 Å². The molecule has 0 radical (unpaired) electrons. The maximum absolute atomic E-state index is 12.7. The Labute approximate surface area is 140 Å². The average molecular weight is 316 g/mol. The van der Waals surface area contributed by atoms with Crippen LogP contribution in [-0.2, 0) is 4.79 Å². The van der Waals surface area contributed by atoms with Crippen LogP contribution in [0.2, 0.25) is 0 Å². The summed E-state index contributed by atoms with van der Waals surface area (Å²) in [6.07, 6.45) is 9.86. The number of fused-ring (bicyclic) bond motifs is 1. The zero-order valence-electron chi connectivity index (χ0n) is 15.0. The van der Waals surface area contributed by atoms with Crippen molar-refractivity contribution in [3.63, 3.8) is 0 Å². The summed E-state index contributed by atoms with van der Waals surface area (Å²) >= 11 is 0. The number of aliphatic hydroxyl groups is 1. The molecular weight excluding hydrogens is 284 g/mol. The molecule has 0 aliphatic heterocycles. The van der Waals surface area contributed by atoms with E-state index in [2.05, 4.69) is 20.8 Å². The maximum Gasteiger partial charge on any atom is 0.159 e. The summed E-state index contributed by atoms with van der Waals surface area (Å²) in [6.45, 7) is 7.25. The number of allylic oxidation sites excluding steroid dienone is 2. The Kier molecular flexibility index (Phi) is 3.58. The van der Waals surface area contributed by atoms with E-state index in [0.29, 0.717) is 30.1 Å². The van der Waals surface area contributed by atoms with E-state index in [1.807, 2.05) is 0 Å². The van der Waals surface area contributed by atoms with Crippen molar-refractivity contribution in [3.05, 3.63) is 11.1 Å². The Morgan fingerprint density at radius 3 is 2.52 bits per heavy atom. The first-order valence-electron chi connectivity index (χ1n) is 9.81. The molecule has 0 aromatic heterocycles. The molecule has 4 aliphatic rings. The highest BCUT2D eigenvalue weighted by Gasteiger charge is 2.70. The van der Waals surface area contributed by atoms with Crippen LogP contribution in [0, 0.1) is 34.5 Å². The summed E-state index contributed by atoms with van der Waals surface area (Å²) < 4.78 is 0. The summed E-state index contributed by atoms with van der Waals surface area (Å²) in [4.78, 5) is 12.7. The van der Waals surface area contributed by atoms with Gasteiger partial charge in [-0.2, -0.15) is 0 Å². The number of carbonyl (C=O) groups excluding carboxylic acids is 1. The van der Waals surface area contributed by atoms with Gasteiger partial charge in [0.25, 0.3) is 0 Å². The van der Waals surface area contributed by atoms with Crippen molar-refractivity contribution in [2.75, 3.05) is 6.61 Å². The zero-order chi connectivity index (χ0) is 16.4. The Hall–Kier alpha value is -0.630. The van der Waals surface area contributed by atoms with Crippen LogP contribution in [0.15, 0.2) is 11.1 Å². The molecule has 23 heavy (non-hydrogen) atoms. The van der Waals surface area contributed by atoms with Gasteiger partial charge in [-0.15, -0.1) is 0 Å². The van der Waals surface area contributed by atoms with Gasteiger partial charge in [0.2, 0.25) is 0 Å². The van der Waals surface area contributed by atoms with E-state index >= 15 is 0 Å². The number of hydrogen-bond acceptors (Lipinski definition) is 2. The Morgan fingerprint density at radius 2 is 1.87 bits per heavy atom. The third-order valence-electron chi connectivity index (χ3n) is 8.87. The number of rotatable bonds is 2. The average Bonchev–Trinajstić information content (AvgIpc) is 2.91. The van der Waals surface area contributed by atoms with Gasteiger partial charge in [-0.25, -0.2) is 0 Å². The topological polar surface area (TPSA) is 37.3 Å². The van der Waals surface area contributed by atoms with Crippen LogP contribution < -0.4 is 0 Å². The van der Waals surface area contributed by atoms with Crippen LogP contribution in [-0.4, -0.2) is 17.5 Å². The van der Waals surface area contributed by atoms with Gasteiger partial charge in [0.15, 0.2) is 5.78 Å². The van der Waals surface area contributed by atoms with Crippen molar-refractivity contribution in [1.29, 1.82) is 0 Å². The third kappa shape index (κ3) is 1.77. The second-order valence-electron chi connectivity index (χ2n) is 9.16.